The van der Waals surface area contributed by atoms with Crippen molar-refractivity contribution in [3.05, 3.63) is 136 Å². The number of ether oxygens (including phenoxy) is 2. The highest BCUT2D eigenvalue weighted by Gasteiger charge is 2.34. The molecule has 2 aliphatic heterocycles. The van der Waals surface area contributed by atoms with Gasteiger partial charge in [0.1, 0.15) is 28.5 Å². The topological polar surface area (TPSA) is 169 Å². The van der Waals surface area contributed by atoms with E-state index in [4.69, 9.17) is 9.47 Å². The molecule has 8 rings (SSSR count). The van der Waals surface area contributed by atoms with Gasteiger partial charge in [0.05, 0.1) is 27.6 Å². The lowest BCUT2D eigenvalue weighted by atomic mass is 9.91. The number of benzene rings is 4. The molecule has 2 aliphatic rings. The minimum absolute atomic E-state index is 0.0576. The van der Waals surface area contributed by atoms with Crippen LogP contribution in [0.25, 0.3) is 22.2 Å². The van der Waals surface area contributed by atoms with Gasteiger partial charge < -0.3 is 24.7 Å². The summed E-state index contributed by atoms with van der Waals surface area (Å²) in [5.41, 5.74) is 3.61. The van der Waals surface area contributed by atoms with Crippen molar-refractivity contribution in [2.24, 2.45) is 0 Å². The van der Waals surface area contributed by atoms with Crippen molar-refractivity contribution < 1.29 is 32.0 Å². The first-order chi connectivity index (χ1) is 28.9. The molecule has 0 spiro atoms. The van der Waals surface area contributed by atoms with Gasteiger partial charge in [-0.05, 0) is 89.5 Å². The molecule has 2 fully saturated rings. The normalized spacial score (nSPS) is 16.5. The molecule has 1 amide bonds. The summed E-state index contributed by atoms with van der Waals surface area (Å²) in [4.78, 5) is 34.5. The van der Waals surface area contributed by atoms with Crippen molar-refractivity contribution >= 4 is 44.0 Å². The predicted molar refractivity (Wildman–Crippen MR) is 228 cm³/mol. The third-order valence-electron chi connectivity index (χ3n) is 11.3. The molecule has 4 heterocycles. The molecule has 6 aromatic rings. The van der Waals surface area contributed by atoms with E-state index in [9.17, 15) is 23.3 Å². The number of nitrogens with one attached hydrogen (secondary N) is 3. The molecule has 3 N–H and O–H groups in total. The number of alkyl halides is 1. The molecule has 0 radical (unpaired) electrons. The molecule has 4 aromatic carbocycles. The van der Waals surface area contributed by atoms with E-state index in [0.29, 0.717) is 22.9 Å². The smallest absolute Gasteiger partial charge is 0.293 e. The second-order valence-corrected chi connectivity index (χ2v) is 17.3. The maximum atomic E-state index is 15.2. The number of nitro benzene ring substituents is 1. The predicted octanol–water partition coefficient (Wildman–Crippen LogP) is 9.44. The monoisotopic (exact) mass is 832 g/mol. The molecule has 0 aliphatic carbocycles. The number of H-pyrrole nitrogens is 1. The summed E-state index contributed by atoms with van der Waals surface area (Å²) < 4.78 is 56.0. The van der Waals surface area contributed by atoms with E-state index in [0.717, 1.165) is 48.2 Å². The van der Waals surface area contributed by atoms with E-state index in [1.165, 1.54) is 29.5 Å². The third kappa shape index (κ3) is 8.54. The van der Waals surface area contributed by atoms with E-state index in [-0.39, 0.29) is 55.6 Å². The van der Waals surface area contributed by atoms with E-state index < -0.39 is 37.1 Å². The maximum Gasteiger partial charge on any atom is 0.293 e. The van der Waals surface area contributed by atoms with Crippen LogP contribution in [0.3, 0.4) is 0 Å². The Morgan fingerprint density at radius 3 is 2.57 bits per heavy atom. The number of hydrogen-bond donors (Lipinski definition) is 3. The van der Waals surface area contributed by atoms with Crippen LogP contribution in [-0.2, 0) is 14.8 Å². The molecular formula is C45H45FN6O7S. The van der Waals surface area contributed by atoms with Crippen LogP contribution in [0.2, 0.25) is 0 Å². The molecule has 0 unspecified atom stereocenters. The highest BCUT2D eigenvalue weighted by molar-refractivity contribution is 7.90. The highest BCUT2D eigenvalue weighted by atomic mass is 32.2. The average molecular weight is 833 g/mol. The van der Waals surface area contributed by atoms with Crippen molar-refractivity contribution in [2.75, 3.05) is 36.5 Å². The Kier molecular flexibility index (Phi) is 11.3. The van der Waals surface area contributed by atoms with Gasteiger partial charge in [0.25, 0.3) is 21.6 Å². The van der Waals surface area contributed by atoms with Gasteiger partial charge in [-0.3, -0.25) is 14.9 Å². The zero-order chi connectivity index (χ0) is 42.0. The lowest BCUT2D eigenvalue weighted by Crippen LogP contribution is -2.38. The van der Waals surface area contributed by atoms with Crippen LogP contribution in [0.5, 0.6) is 11.5 Å². The van der Waals surface area contributed by atoms with Crippen LogP contribution in [0.15, 0.2) is 114 Å². The number of halogens is 1. The minimum Gasteiger partial charge on any atom is -0.455 e. The molecule has 60 heavy (non-hydrogen) atoms. The van der Waals surface area contributed by atoms with Crippen LogP contribution in [0.4, 0.5) is 21.5 Å². The number of nitro groups is 1. The zero-order valence-electron chi connectivity index (χ0n) is 33.2. The molecule has 310 valence electrons. The van der Waals surface area contributed by atoms with Crippen LogP contribution >= 0.6 is 0 Å². The quantitative estimate of drug-likeness (QED) is 0.0753. The Labute approximate surface area is 347 Å². The standard InChI is InChI=1S/C45H45FN6O7S/c1-29(2)36-6-3-4-7-37(36)40-8-5-21-51(40)33-12-9-30(10-13-33)31-11-15-38(42(25-31)59-34-24-32-17-20-47-43(32)48-27-34)44(53)50-60(56,57)35-14-16-39(41(26-35)52(54)55)49-28-45(46)18-22-58-23-19-45/h3-4,6-7,9-17,20,24-27,29,40,49H,5,8,18-19,21-23,28H2,1-2H3,(H,47,48)(H,50,53)/t40-/m1/s1. The number of rotatable bonds is 13. The molecule has 1 atom stereocenters. The second kappa shape index (κ2) is 16.7. The fraction of sp³-hybridized carbons (Fsp3) is 0.289. The van der Waals surface area contributed by atoms with Gasteiger partial charge in [-0.25, -0.2) is 22.5 Å². The van der Waals surface area contributed by atoms with Crippen molar-refractivity contribution in [1.29, 1.82) is 0 Å². The number of sulfonamides is 1. The lowest BCUT2D eigenvalue weighted by molar-refractivity contribution is -0.384. The van der Waals surface area contributed by atoms with Gasteiger partial charge in [-0.15, -0.1) is 0 Å². The number of nitrogens with zero attached hydrogens (tertiary/aromatic N) is 3. The van der Waals surface area contributed by atoms with Crippen LogP contribution < -0.4 is 19.7 Å². The van der Waals surface area contributed by atoms with E-state index >= 15 is 4.39 Å². The molecule has 0 bridgehead atoms. The van der Waals surface area contributed by atoms with E-state index in [1.807, 2.05) is 18.2 Å². The first-order valence-corrected chi connectivity index (χ1v) is 21.4. The van der Waals surface area contributed by atoms with Crippen molar-refractivity contribution in [3.8, 4) is 22.6 Å². The Hall–Kier alpha value is -6.32. The van der Waals surface area contributed by atoms with Crippen LogP contribution in [0, 0.1) is 10.1 Å². The number of anilines is 2. The lowest BCUT2D eigenvalue weighted by Gasteiger charge is -2.29. The van der Waals surface area contributed by atoms with Crippen molar-refractivity contribution in [2.45, 2.75) is 62.1 Å². The zero-order valence-corrected chi connectivity index (χ0v) is 34.0. The number of aromatic amines is 1. The van der Waals surface area contributed by atoms with Gasteiger partial charge in [0.2, 0.25) is 0 Å². The van der Waals surface area contributed by atoms with Crippen LogP contribution in [-0.4, -0.2) is 61.2 Å². The summed E-state index contributed by atoms with van der Waals surface area (Å²) in [6.45, 7) is 5.61. The van der Waals surface area contributed by atoms with Crippen molar-refractivity contribution in [1.82, 2.24) is 14.7 Å². The van der Waals surface area contributed by atoms with Gasteiger partial charge >= 0.3 is 0 Å². The third-order valence-corrected chi connectivity index (χ3v) is 12.6. The summed E-state index contributed by atoms with van der Waals surface area (Å²) in [5, 5.41) is 15.6. The number of carbonyl (C=O) groups excluding carboxylic acids is 1. The number of amides is 1. The molecule has 2 saturated heterocycles. The molecule has 15 heteroatoms. The largest absolute Gasteiger partial charge is 0.455 e. The number of aromatic nitrogens is 2. The fourth-order valence-electron chi connectivity index (χ4n) is 8.04. The number of pyridine rings is 1. The Balaban J connectivity index is 1.06. The molecule has 2 aromatic heterocycles. The fourth-order valence-corrected chi connectivity index (χ4v) is 9.03. The van der Waals surface area contributed by atoms with E-state index in [1.54, 1.807) is 24.4 Å². The summed E-state index contributed by atoms with van der Waals surface area (Å²) in [5.74, 6) is -0.246. The van der Waals surface area contributed by atoms with Gasteiger partial charge in [0.15, 0.2) is 0 Å². The van der Waals surface area contributed by atoms with Gasteiger partial charge in [0, 0.05) is 62.5 Å². The van der Waals surface area contributed by atoms with Gasteiger partial charge in [-0.2, -0.15) is 0 Å². The first kappa shape index (κ1) is 40.5. The second-order valence-electron chi connectivity index (χ2n) is 15.6. The van der Waals surface area contributed by atoms with E-state index in [2.05, 4.69) is 75.2 Å². The van der Waals surface area contributed by atoms with Crippen molar-refractivity contribution in [3.63, 3.8) is 0 Å². The summed E-state index contributed by atoms with van der Waals surface area (Å²) in [7, 11) is -4.65. The first-order valence-electron chi connectivity index (χ1n) is 19.9. The number of carbonyl (C=O) groups is 1. The average Bonchev–Trinajstić information content (AvgIpc) is 3.93. The number of fused-ring (bicyclic) bond motifs is 1. The van der Waals surface area contributed by atoms with Gasteiger partial charge in [-0.1, -0.05) is 56.3 Å². The van der Waals surface area contributed by atoms with Crippen LogP contribution in [0.1, 0.15) is 73.0 Å². The molecule has 13 nitrogen and oxygen atoms in total. The Morgan fingerprint density at radius 2 is 1.80 bits per heavy atom. The minimum atomic E-state index is -4.65. The Bertz CT molecular complexity index is 2660. The summed E-state index contributed by atoms with van der Waals surface area (Å²) in [6.07, 6.45) is 5.61. The SMILES string of the molecule is CC(C)c1ccccc1[C@H]1CCCN1c1ccc(-c2ccc(C(=O)NS(=O)(=O)c3ccc(NCC4(F)CCOCC4)c([N+](=O)[O-])c3)c(Oc3cnc4[nH]ccc4c3)c2)cc1. The summed E-state index contributed by atoms with van der Waals surface area (Å²) in [6, 6.07) is 28.7. The maximum absolute atomic E-state index is 15.2. The highest BCUT2D eigenvalue weighted by Crippen LogP contribution is 2.40. The molecular weight excluding hydrogens is 788 g/mol. The molecule has 0 saturated carbocycles. The summed E-state index contributed by atoms with van der Waals surface area (Å²) >= 11 is 0. The number of hydrogen-bond acceptors (Lipinski definition) is 10. The Morgan fingerprint density at radius 1 is 1.03 bits per heavy atom.